The molecule has 0 spiro atoms. The van der Waals surface area contributed by atoms with Crippen LogP contribution in [0, 0.1) is 17.8 Å². The number of aliphatic hydroxyl groups excluding tert-OH is 1. The number of rotatable bonds is 77. The Labute approximate surface area is 612 Å². The third-order valence-electron chi connectivity index (χ3n) is 18.6. The minimum atomic E-state index is -4.97. The summed E-state index contributed by atoms with van der Waals surface area (Å²) in [5, 5.41) is 10.6. The van der Waals surface area contributed by atoms with Crippen LogP contribution in [-0.2, 0) is 65.4 Å². The van der Waals surface area contributed by atoms with Crippen LogP contribution in [0.4, 0.5) is 0 Å². The van der Waals surface area contributed by atoms with Crippen molar-refractivity contribution in [1.82, 2.24) is 0 Å². The predicted octanol–water partition coefficient (Wildman–Crippen LogP) is 23.7. The molecule has 4 unspecified atom stereocenters. The third kappa shape index (κ3) is 72.5. The Morgan fingerprint density at radius 2 is 0.590 bits per heavy atom. The molecule has 0 aromatic rings. The predicted molar refractivity (Wildman–Crippen MR) is 409 cm³/mol. The second-order valence-electron chi connectivity index (χ2n) is 29.7. The van der Waals surface area contributed by atoms with Gasteiger partial charge in [0.15, 0.2) is 12.2 Å². The molecule has 0 aromatic carbocycles. The first kappa shape index (κ1) is 97.5. The van der Waals surface area contributed by atoms with E-state index in [4.69, 9.17) is 37.0 Å². The van der Waals surface area contributed by atoms with Crippen LogP contribution < -0.4 is 0 Å². The quantitative estimate of drug-likeness (QED) is 0.0169. The van der Waals surface area contributed by atoms with Crippen molar-refractivity contribution >= 4 is 39.5 Å². The number of phosphoric ester groups is 2. The van der Waals surface area contributed by atoms with Crippen LogP contribution in [0.15, 0.2) is 24.3 Å². The largest absolute Gasteiger partial charge is 0.472 e. The molecule has 0 aliphatic carbocycles. The van der Waals surface area contributed by atoms with Gasteiger partial charge in [0, 0.05) is 25.7 Å². The van der Waals surface area contributed by atoms with Crippen LogP contribution in [0.1, 0.15) is 395 Å². The molecule has 0 heterocycles. The lowest BCUT2D eigenvalue weighted by Gasteiger charge is -2.21. The van der Waals surface area contributed by atoms with Crippen LogP contribution in [0.5, 0.6) is 0 Å². The Kier molecular flexibility index (Phi) is 69.1. The molecule has 0 rings (SSSR count). The van der Waals surface area contributed by atoms with Crippen molar-refractivity contribution in [2.24, 2.45) is 17.8 Å². The maximum atomic E-state index is 13.1. The van der Waals surface area contributed by atoms with Gasteiger partial charge >= 0.3 is 39.5 Å². The van der Waals surface area contributed by atoms with E-state index in [1.807, 2.05) is 0 Å². The van der Waals surface area contributed by atoms with Crippen LogP contribution in [0.3, 0.4) is 0 Å². The Morgan fingerprint density at radius 1 is 0.330 bits per heavy atom. The monoisotopic (exact) mass is 1460 g/mol. The molecule has 0 saturated carbocycles. The van der Waals surface area contributed by atoms with E-state index in [0.717, 1.165) is 127 Å². The van der Waals surface area contributed by atoms with E-state index < -0.39 is 97.5 Å². The van der Waals surface area contributed by atoms with Gasteiger partial charge in [0.05, 0.1) is 26.4 Å². The zero-order valence-corrected chi connectivity index (χ0v) is 66.9. The Bertz CT molecular complexity index is 2040. The van der Waals surface area contributed by atoms with E-state index in [-0.39, 0.29) is 25.7 Å². The number of phosphoric acid groups is 2. The summed E-state index contributed by atoms with van der Waals surface area (Å²) >= 11 is 0. The van der Waals surface area contributed by atoms with Crippen LogP contribution in [-0.4, -0.2) is 96.7 Å². The number of esters is 4. The van der Waals surface area contributed by atoms with Gasteiger partial charge in [-0.25, -0.2) is 9.13 Å². The fraction of sp³-hybridized carbons (Fsp3) is 0.901. The second-order valence-corrected chi connectivity index (χ2v) is 32.6. The molecule has 6 atom stereocenters. The van der Waals surface area contributed by atoms with Crippen molar-refractivity contribution in [1.29, 1.82) is 0 Å². The Hall–Kier alpha value is -2.46. The molecule has 0 aromatic heterocycles. The average Bonchev–Trinajstić information content (AvgIpc) is 1.08. The van der Waals surface area contributed by atoms with Gasteiger partial charge < -0.3 is 33.8 Å². The molecule has 0 bridgehead atoms. The molecular formula is C81H154O17P2. The summed E-state index contributed by atoms with van der Waals surface area (Å²) in [6.45, 7) is 11.9. The number of allylic oxidation sites excluding steroid dienone is 4. The smallest absolute Gasteiger partial charge is 0.462 e. The molecule has 17 nitrogen and oxygen atoms in total. The summed E-state index contributed by atoms with van der Waals surface area (Å²) in [5.74, 6) is 0.179. The second kappa shape index (κ2) is 70.8. The van der Waals surface area contributed by atoms with E-state index >= 15 is 0 Å². The highest BCUT2D eigenvalue weighted by atomic mass is 31.2. The van der Waals surface area contributed by atoms with Crippen molar-refractivity contribution in [3.8, 4) is 0 Å². The van der Waals surface area contributed by atoms with Crippen LogP contribution in [0.25, 0.3) is 0 Å². The van der Waals surface area contributed by atoms with Gasteiger partial charge in [-0.15, -0.1) is 0 Å². The summed E-state index contributed by atoms with van der Waals surface area (Å²) < 4.78 is 68.6. The normalized spacial score (nSPS) is 14.4. The molecule has 3 N–H and O–H groups in total. The van der Waals surface area contributed by atoms with Gasteiger partial charge in [-0.2, -0.15) is 0 Å². The highest BCUT2D eigenvalue weighted by Gasteiger charge is 2.30. The Balaban J connectivity index is 5.26. The molecule has 0 amide bonds. The summed E-state index contributed by atoms with van der Waals surface area (Å²) in [6.07, 6.45) is 61.9. The summed E-state index contributed by atoms with van der Waals surface area (Å²) in [7, 11) is -9.93. The molecular weight excluding hydrogens is 1310 g/mol. The van der Waals surface area contributed by atoms with Gasteiger partial charge in [0.1, 0.15) is 19.3 Å². The zero-order chi connectivity index (χ0) is 73.7. The summed E-state index contributed by atoms with van der Waals surface area (Å²) in [4.78, 5) is 73.0. The van der Waals surface area contributed by atoms with Crippen LogP contribution in [0.2, 0.25) is 0 Å². The van der Waals surface area contributed by atoms with E-state index in [2.05, 4.69) is 72.8 Å². The van der Waals surface area contributed by atoms with Crippen LogP contribution >= 0.6 is 15.6 Å². The molecule has 0 radical (unpaired) electrons. The first-order valence-electron chi connectivity index (χ1n) is 41.2. The standard InChI is InChI=1S/C81H154O17P2/c1-8-10-11-12-13-14-15-16-18-25-30-35-40-48-55-62-78(83)91-68-76(97-80(85)64-58-51-42-37-32-27-22-21-24-29-34-39-47-54-61-74(7)9-2)70-95-99(87,88)93-66-75(82)67-94-100(89,90)96-71-77(69-92-79(84)63-56-49-44-43-46-53-60-73(5)6)98-81(86)65-57-50-41-36-31-26-20-17-19-23-28-33-38-45-52-59-72(3)4/h14-16,18,72-77,82H,8-13,17,19-71H2,1-7H3,(H,87,88)(H,89,90)/b15-14-,18-16-/t74?,75?,76-,77-/m1/s1. The Morgan fingerprint density at radius 3 is 0.890 bits per heavy atom. The number of hydrogen-bond donors (Lipinski definition) is 3. The molecule has 0 saturated heterocycles. The molecule has 0 aliphatic rings. The highest BCUT2D eigenvalue weighted by molar-refractivity contribution is 7.47. The first-order valence-corrected chi connectivity index (χ1v) is 44.2. The zero-order valence-electron chi connectivity index (χ0n) is 65.2. The van der Waals surface area contributed by atoms with Crippen molar-refractivity contribution in [2.75, 3.05) is 39.6 Å². The van der Waals surface area contributed by atoms with Gasteiger partial charge in [0.2, 0.25) is 0 Å². The molecule has 19 heteroatoms. The van der Waals surface area contributed by atoms with Crippen molar-refractivity contribution in [3.63, 3.8) is 0 Å². The van der Waals surface area contributed by atoms with E-state index in [0.29, 0.717) is 31.6 Å². The lowest BCUT2D eigenvalue weighted by atomic mass is 9.99. The third-order valence-corrected chi connectivity index (χ3v) is 20.5. The summed E-state index contributed by atoms with van der Waals surface area (Å²) in [5.41, 5.74) is 0. The molecule has 0 aliphatic heterocycles. The van der Waals surface area contributed by atoms with Gasteiger partial charge in [-0.1, -0.05) is 342 Å². The number of carbonyl (C=O) groups excluding carboxylic acids is 4. The fourth-order valence-corrected chi connectivity index (χ4v) is 13.5. The fourth-order valence-electron chi connectivity index (χ4n) is 11.9. The maximum absolute atomic E-state index is 13.1. The number of ether oxygens (including phenoxy) is 4. The van der Waals surface area contributed by atoms with Crippen molar-refractivity contribution in [2.45, 2.75) is 414 Å². The van der Waals surface area contributed by atoms with Gasteiger partial charge in [-0.05, 0) is 69.1 Å². The molecule has 590 valence electrons. The van der Waals surface area contributed by atoms with Gasteiger partial charge in [0.25, 0.3) is 0 Å². The van der Waals surface area contributed by atoms with E-state index in [1.54, 1.807) is 0 Å². The van der Waals surface area contributed by atoms with E-state index in [1.165, 1.54) is 180 Å². The SMILES string of the molecule is CCCCCC/C=C\C=C/CCCCCCCC(=O)OC[C@H](COP(=O)(O)OCC(O)COP(=O)(O)OC[C@@H](COC(=O)CCCCCCCCC(C)C)OC(=O)CCCCCCCCCCCCCCCCCC(C)C)OC(=O)CCCCCCCCCCCCCCCCC(C)CC. The summed E-state index contributed by atoms with van der Waals surface area (Å²) in [6, 6.07) is 0. The first-order chi connectivity index (χ1) is 48.3. The van der Waals surface area contributed by atoms with Crippen molar-refractivity contribution in [3.05, 3.63) is 24.3 Å². The average molecular weight is 1460 g/mol. The number of carbonyl (C=O) groups is 4. The lowest BCUT2D eigenvalue weighted by molar-refractivity contribution is -0.161. The van der Waals surface area contributed by atoms with Gasteiger partial charge in [-0.3, -0.25) is 37.3 Å². The number of hydrogen-bond acceptors (Lipinski definition) is 15. The number of aliphatic hydroxyl groups is 1. The minimum absolute atomic E-state index is 0.100. The maximum Gasteiger partial charge on any atom is 0.472 e. The molecule has 0 fully saturated rings. The highest BCUT2D eigenvalue weighted by Crippen LogP contribution is 2.45. The van der Waals surface area contributed by atoms with Crippen molar-refractivity contribution < 1.29 is 80.2 Å². The number of unbranched alkanes of at least 4 members (excludes halogenated alkanes) is 41. The minimum Gasteiger partial charge on any atom is -0.462 e. The van der Waals surface area contributed by atoms with E-state index in [9.17, 15) is 43.2 Å². The molecule has 100 heavy (non-hydrogen) atoms. The topological polar surface area (TPSA) is 237 Å². The lowest BCUT2D eigenvalue weighted by Crippen LogP contribution is -2.30.